The first-order chi connectivity index (χ1) is 9.40. The molecule has 0 saturated heterocycles. The van der Waals surface area contributed by atoms with Gasteiger partial charge in [0.2, 0.25) is 0 Å². The number of rotatable bonds is 5. The summed E-state index contributed by atoms with van der Waals surface area (Å²) in [5.41, 5.74) is 0. The molecule has 3 unspecified atom stereocenters. The number of carbonyl (C=O) groups excluding carboxylic acids is 1. The van der Waals surface area contributed by atoms with Crippen LogP contribution < -0.4 is 10.6 Å². The zero-order chi connectivity index (χ0) is 15.1. The lowest BCUT2D eigenvalue weighted by atomic mass is 10.0. The average molecular weight is 286 g/mol. The molecule has 3 atom stereocenters. The second-order valence-corrected chi connectivity index (χ2v) is 5.95. The van der Waals surface area contributed by atoms with E-state index in [1.165, 1.54) is 0 Å². The maximum atomic E-state index is 11.9. The molecule has 1 aliphatic rings. The predicted octanol–water partition coefficient (Wildman–Crippen LogP) is 1.48. The molecule has 0 aromatic heterocycles. The van der Waals surface area contributed by atoms with E-state index in [4.69, 9.17) is 5.11 Å². The Morgan fingerprint density at radius 2 is 1.85 bits per heavy atom. The van der Waals surface area contributed by atoms with Gasteiger partial charge in [-0.3, -0.25) is 0 Å². The Morgan fingerprint density at radius 3 is 2.45 bits per heavy atom. The van der Waals surface area contributed by atoms with Gasteiger partial charge in [-0.2, -0.15) is 0 Å². The molecule has 0 aliphatic heterocycles. The quantitative estimate of drug-likeness (QED) is 0.575. The SMILES string of the molecule is CC(C)CC(NC(=O)NC1CCCCCC1O)C(=O)O. The van der Waals surface area contributed by atoms with E-state index >= 15 is 0 Å². The highest BCUT2D eigenvalue weighted by molar-refractivity contribution is 5.82. The van der Waals surface area contributed by atoms with E-state index in [1.54, 1.807) is 0 Å². The monoisotopic (exact) mass is 286 g/mol. The lowest BCUT2D eigenvalue weighted by molar-refractivity contribution is -0.139. The van der Waals surface area contributed by atoms with Crippen LogP contribution in [0.3, 0.4) is 0 Å². The first-order valence-corrected chi connectivity index (χ1v) is 7.38. The van der Waals surface area contributed by atoms with Crippen molar-refractivity contribution < 1.29 is 19.8 Å². The molecular formula is C14H26N2O4. The Labute approximate surface area is 119 Å². The Bertz CT molecular complexity index is 333. The molecule has 1 fully saturated rings. The van der Waals surface area contributed by atoms with Gasteiger partial charge >= 0.3 is 12.0 Å². The summed E-state index contributed by atoms with van der Waals surface area (Å²) in [6.45, 7) is 3.81. The minimum absolute atomic E-state index is 0.180. The van der Waals surface area contributed by atoms with Crippen LogP contribution in [0, 0.1) is 5.92 Å². The summed E-state index contributed by atoms with van der Waals surface area (Å²) in [6, 6.07) is -1.69. The fraction of sp³-hybridized carbons (Fsp3) is 0.857. The number of aliphatic carboxylic acids is 1. The molecule has 4 N–H and O–H groups in total. The van der Waals surface area contributed by atoms with Crippen LogP contribution in [0.1, 0.15) is 52.4 Å². The fourth-order valence-electron chi connectivity index (χ4n) is 2.52. The summed E-state index contributed by atoms with van der Waals surface area (Å²) in [5.74, 6) is -0.852. The Hall–Kier alpha value is -1.30. The van der Waals surface area contributed by atoms with Gasteiger partial charge in [-0.15, -0.1) is 0 Å². The predicted molar refractivity (Wildman–Crippen MR) is 75.4 cm³/mol. The maximum Gasteiger partial charge on any atom is 0.326 e. The fourth-order valence-corrected chi connectivity index (χ4v) is 2.52. The van der Waals surface area contributed by atoms with Gasteiger partial charge < -0.3 is 20.8 Å². The summed E-state index contributed by atoms with van der Waals surface area (Å²) in [5, 5.41) is 24.2. The van der Waals surface area contributed by atoms with E-state index in [-0.39, 0.29) is 12.0 Å². The van der Waals surface area contributed by atoms with E-state index in [1.807, 2.05) is 13.8 Å². The van der Waals surface area contributed by atoms with Gasteiger partial charge in [-0.1, -0.05) is 33.1 Å². The smallest absolute Gasteiger partial charge is 0.326 e. The van der Waals surface area contributed by atoms with Gasteiger partial charge in [0.15, 0.2) is 0 Å². The first kappa shape index (κ1) is 16.8. The molecule has 6 heteroatoms. The van der Waals surface area contributed by atoms with E-state index in [2.05, 4.69) is 10.6 Å². The number of urea groups is 1. The lowest BCUT2D eigenvalue weighted by Crippen LogP contribution is -2.52. The van der Waals surface area contributed by atoms with Gasteiger partial charge in [0.25, 0.3) is 0 Å². The van der Waals surface area contributed by atoms with Crippen molar-refractivity contribution in [1.29, 1.82) is 0 Å². The number of carboxylic acids is 1. The largest absolute Gasteiger partial charge is 0.480 e. The first-order valence-electron chi connectivity index (χ1n) is 7.38. The molecule has 0 spiro atoms. The van der Waals surface area contributed by atoms with Crippen LogP contribution in [0.15, 0.2) is 0 Å². The number of amides is 2. The Morgan fingerprint density at radius 1 is 1.20 bits per heavy atom. The number of carbonyl (C=O) groups is 2. The number of aliphatic hydroxyl groups is 1. The molecule has 0 bridgehead atoms. The van der Waals surface area contributed by atoms with Crippen LogP contribution >= 0.6 is 0 Å². The summed E-state index contributed by atoms with van der Waals surface area (Å²) in [4.78, 5) is 23.0. The minimum Gasteiger partial charge on any atom is -0.480 e. The van der Waals surface area contributed by atoms with Crippen molar-refractivity contribution in [2.45, 2.75) is 70.6 Å². The van der Waals surface area contributed by atoms with E-state index in [0.717, 1.165) is 25.7 Å². The third-order valence-corrected chi connectivity index (χ3v) is 3.61. The van der Waals surface area contributed by atoms with E-state index in [0.29, 0.717) is 12.8 Å². The minimum atomic E-state index is -1.03. The molecule has 1 rings (SSSR count). The average Bonchev–Trinajstić information content (AvgIpc) is 2.53. The molecule has 0 radical (unpaired) electrons. The van der Waals surface area contributed by atoms with Crippen molar-refractivity contribution in [3.8, 4) is 0 Å². The molecular weight excluding hydrogens is 260 g/mol. The molecule has 1 saturated carbocycles. The number of aliphatic hydroxyl groups excluding tert-OH is 1. The standard InChI is InChI=1S/C14H26N2O4/c1-9(2)8-11(13(18)19)16-14(20)15-10-6-4-3-5-7-12(10)17/h9-12,17H,3-8H2,1-2H3,(H,18,19)(H2,15,16,20). The van der Waals surface area contributed by atoms with Crippen molar-refractivity contribution in [3.63, 3.8) is 0 Å². The Kier molecular flexibility index (Phi) is 6.78. The highest BCUT2D eigenvalue weighted by Crippen LogP contribution is 2.18. The molecule has 0 aromatic rings. The van der Waals surface area contributed by atoms with Gasteiger partial charge in [0, 0.05) is 0 Å². The van der Waals surface area contributed by atoms with E-state index in [9.17, 15) is 14.7 Å². The van der Waals surface area contributed by atoms with Crippen LogP contribution in [0.4, 0.5) is 4.79 Å². The molecule has 1 aliphatic carbocycles. The second kappa shape index (κ2) is 8.09. The highest BCUT2D eigenvalue weighted by Gasteiger charge is 2.26. The van der Waals surface area contributed by atoms with Crippen molar-refractivity contribution >= 4 is 12.0 Å². The van der Waals surface area contributed by atoms with Crippen molar-refractivity contribution in [2.75, 3.05) is 0 Å². The summed E-state index contributed by atoms with van der Waals surface area (Å²) in [7, 11) is 0. The summed E-state index contributed by atoms with van der Waals surface area (Å²) >= 11 is 0. The van der Waals surface area contributed by atoms with Crippen LogP contribution in [-0.2, 0) is 4.79 Å². The van der Waals surface area contributed by atoms with Crippen LogP contribution in [0.25, 0.3) is 0 Å². The molecule has 20 heavy (non-hydrogen) atoms. The van der Waals surface area contributed by atoms with Gasteiger partial charge in [0.1, 0.15) is 6.04 Å². The number of carboxylic acid groups (broad SMARTS) is 1. The van der Waals surface area contributed by atoms with Gasteiger partial charge in [-0.25, -0.2) is 9.59 Å². The highest BCUT2D eigenvalue weighted by atomic mass is 16.4. The van der Waals surface area contributed by atoms with Crippen LogP contribution in [0.2, 0.25) is 0 Å². The van der Waals surface area contributed by atoms with E-state index < -0.39 is 24.1 Å². The summed E-state index contributed by atoms with van der Waals surface area (Å²) < 4.78 is 0. The zero-order valence-electron chi connectivity index (χ0n) is 12.3. The normalized spacial score (nSPS) is 24.8. The van der Waals surface area contributed by atoms with Crippen molar-refractivity contribution in [2.24, 2.45) is 5.92 Å². The zero-order valence-corrected chi connectivity index (χ0v) is 12.3. The van der Waals surface area contributed by atoms with Gasteiger partial charge in [-0.05, 0) is 25.2 Å². The van der Waals surface area contributed by atoms with Crippen LogP contribution in [-0.4, -0.2) is 40.4 Å². The molecule has 116 valence electrons. The molecule has 0 heterocycles. The Balaban J connectivity index is 2.49. The third kappa shape index (κ3) is 5.77. The second-order valence-electron chi connectivity index (χ2n) is 5.95. The van der Waals surface area contributed by atoms with Crippen molar-refractivity contribution in [1.82, 2.24) is 10.6 Å². The maximum absolute atomic E-state index is 11.9. The van der Waals surface area contributed by atoms with Gasteiger partial charge in [0.05, 0.1) is 12.1 Å². The number of hydrogen-bond acceptors (Lipinski definition) is 3. The third-order valence-electron chi connectivity index (χ3n) is 3.61. The molecule has 0 aromatic carbocycles. The van der Waals surface area contributed by atoms with Crippen molar-refractivity contribution in [3.05, 3.63) is 0 Å². The number of nitrogens with one attached hydrogen (secondary N) is 2. The summed E-state index contributed by atoms with van der Waals surface area (Å²) in [6.07, 6.45) is 4.24. The lowest BCUT2D eigenvalue weighted by Gasteiger charge is -2.23. The molecule has 6 nitrogen and oxygen atoms in total. The number of hydrogen-bond donors (Lipinski definition) is 4. The topological polar surface area (TPSA) is 98.7 Å². The van der Waals surface area contributed by atoms with Crippen LogP contribution in [0.5, 0.6) is 0 Å². The molecule has 2 amide bonds.